The molecular formula is C15H21N5O4. The number of ether oxygens (including phenoxy) is 2. The van der Waals surface area contributed by atoms with Gasteiger partial charge in [-0.2, -0.15) is 4.98 Å². The van der Waals surface area contributed by atoms with Crippen molar-refractivity contribution in [3.63, 3.8) is 0 Å². The van der Waals surface area contributed by atoms with E-state index in [-0.39, 0.29) is 31.1 Å². The second kappa shape index (κ2) is 7.24. The molecule has 0 aromatic carbocycles. The molecule has 0 saturated heterocycles. The van der Waals surface area contributed by atoms with Gasteiger partial charge in [0, 0.05) is 25.8 Å². The van der Waals surface area contributed by atoms with E-state index in [2.05, 4.69) is 15.0 Å². The van der Waals surface area contributed by atoms with Crippen LogP contribution in [0.5, 0.6) is 0 Å². The average Bonchev–Trinajstić information content (AvgIpc) is 2.91. The number of aryl methyl sites for hydroxylation is 1. The Balaban J connectivity index is 2.11. The maximum Gasteiger partial charge on any atom is 0.302 e. The average molecular weight is 335 g/mol. The number of hydrogen-bond donors (Lipinski definition) is 1. The molecule has 0 aliphatic rings. The Kier molecular flexibility index (Phi) is 5.32. The number of nitrogens with two attached hydrogens (primary N) is 1. The van der Waals surface area contributed by atoms with E-state index in [0.717, 1.165) is 0 Å². The zero-order valence-corrected chi connectivity index (χ0v) is 14.0. The minimum absolute atomic E-state index is 0.152. The second-order valence-electron chi connectivity index (χ2n) is 6.00. The van der Waals surface area contributed by atoms with Gasteiger partial charge in [0.15, 0.2) is 5.65 Å². The molecule has 2 N–H and O–H groups in total. The van der Waals surface area contributed by atoms with Crippen molar-refractivity contribution < 1.29 is 19.1 Å². The van der Waals surface area contributed by atoms with Gasteiger partial charge in [-0.25, -0.2) is 9.97 Å². The van der Waals surface area contributed by atoms with Crippen LogP contribution in [-0.2, 0) is 25.6 Å². The Labute approximate surface area is 139 Å². The Bertz CT molecular complexity index is 725. The SMILES string of the molecule is CC(=O)OCC(C)(CCn1cnc2cnc(N)nc21)COC(C)=O. The minimum atomic E-state index is -0.521. The highest BCUT2D eigenvalue weighted by Crippen LogP contribution is 2.25. The molecule has 0 aliphatic heterocycles. The van der Waals surface area contributed by atoms with Crippen molar-refractivity contribution in [1.82, 2.24) is 19.5 Å². The Morgan fingerprint density at radius 2 is 1.83 bits per heavy atom. The first kappa shape index (κ1) is 17.6. The molecule has 24 heavy (non-hydrogen) atoms. The van der Waals surface area contributed by atoms with Crippen LogP contribution in [0.2, 0.25) is 0 Å². The molecule has 130 valence electrons. The summed E-state index contributed by atoms with van der Waals surface area (Å²) < 4.78 is 12.1. The standard InChI is InChI=1S/C15H21N5O4/c1-10(21)23-7-15(3,8-24-11(2)22)4-5-20-9-18-12-6-17-14(16)19-13(12)20/h6,9H,4-5,7-8H2,1-3H3,(H2,16,17,19). The Morgan fingerprint density at radius 1 is 1.21 bits per heavy atom. The fourth-order valence-corrected chi connectivity index (χ4v) is 2.16. The van der Waals surface area contributed by atoms with Gasteiger partial charge in [-0.1, -0.05) is 6.92 Å². The van der Waals surface area contributed by atoms with Crippen LogP contribution in [0.4, 0.5) is 5.95 Å². The van der Waals surface area contributed by atoms with Crippen molar-refractivity contribution in [3.05, 3.63) is 12.5 Å². The maximum atomic E-state index is 11.1. The van der Waals surface area contributed by atoms with E-state index in [9.17, 15) is 9.59 Å². The molecule has 0 amide bonds. The van der Waals surface area contributed by atoms with Crippen LogP contribution in [-0.4, -0.2) is 44.7 Å². The fraction of sp³-hybridized carbons (Fsp3) is 0.533. The van der Waals surface area contributed by atoms with Crippen LogP contribution in [0.25, 0.3) is 11.2 Å². The summed E-state index contributed by atoms with van der Waals surface area (Å²) in [5.41, 5.74) is 6.37. The molecule has 9 heteroatoms. The van der Waals surface area contributed by atoms with E-state index in [4.69, 9.17) is 15.2 Å². The molecule has 2 heterocycles. The van der Waals surface area contributed by atoms with E-state index in [0.29, 0.717) is 24.1 Å². The lowest BCUT2D eigenvalue weighted by molar-refractivity contribution is -0.151. The summed E-state index contributed by atoms with van der Waals surface area (Å²) in [6.07, 6.45) is 3.80. The number of nitrogen functional groups attached to an aromatic ring is 1. The lowest BCUT2D eigenvalue weighted by Gasteiger charge is -2.28. The number of aromatic nitrogens is 4. The highest BCUT2D eigenvalue weighted by molar-refractivity contribution is 5.70. The number of fused-ring (bicyclic) bond motifs is 1. The predicted octanol–water partition coefficient (Wildman–Crippen LogP) is 0.931. The summed E-state index contributed by atoms with van der Waals surface area (Å²) >= 11 is 0. The topological polar surface area (TPSA) is 122 Å². The molecular weight excluding hydrogens is 314 g/mol. The number of anilines is 1. The molecule has 2 aromatic rings. The third-order valence-electron chi connectivity index (χ3n) is 3.58. The van der Waals surface area contributed by atoms with Crippen LogP contribution in [0, 0.1) is 5.41 Å². The largest absolute Gasteiger partial charge is 0.465 e. The van der Waals surface area contributed by atoms with Gasteiger partial charge in [-0.05, 0) is 6.42 Å². The molecule has 0 unspecified atom stereocenters. The normalized spacial score (nSPS) is 11.5. The molecule has 0 saturated carbocycles. The summed E-state index contributed by atoms with van der Waals surface area (Å²) in [4.78, 5) is 34.5. The monoisotopic (exact) mass is 335 g/mol. The first-order chi connectivity index (χ1) is 11.3. The number of carbonyl (C=O) groups is 2. The Hall–Kier alpha value is -2.71. The molecule has 0 aliphatic carbocycles. The van der Waals surface area contributed by atoms with Gasteiger partial charge in [0.1, 0.15) is 5.52 Å². The van der Waals surface area contributed by atoms with Gasteiger partial charge in [0.25, 0.3) is 0 Å². The van der Waals surface area contributed by atoms with Gasteiger partial charge in [-0.3, -0.25) is 9.59 Å². The number of nitrogens with zero attached hydrogens (tertiary/aromatic N) is 4. The number of rotatable bonds is 7. The zero-order valence-electron chi connectivity index (χ0n) is 14.0. The smallest absolute Gasteiger partial charge is 0.302 e. The van der Waals surface area contributed by atoms with Crippen molar-refractivity contribution in [1.29, 1.82) is 0 Å². The van der Waals surface area contributed by atoms with Crippen LogP contribution in [0.15, 0.2) is 12.5 Å². The highest BCUT2D eigenvalue weighted by atomic mass is 16.5. The molecule has 0 radical (unpaired) electrons. The number of carbonyl (C=O) groups excluding carboxylic acids is 2. The van der Waals surface area contributed by atoms with Gasteiger partial charge < -0.3 is 19.8 Å². The van der Waals surface area contributed by atoms with Gasteiger partial charge in [0.2, 0.25) is 5.95 Å². The first-order valence-electron chi connectivity index (χ1n) is 7.49. The second-order valence-corrected chi connectivity index (χ2v) is 6.00. The first-order valence-corrected chi connectivity index (χ1v) is 7.49. The molecule has 0 bridgehead atoms. The number of imidazole rings is 1. The number of esters is 2. The van der Waals surface area contributed by atoms with Gasteiger partial charge in [-0.15, -0.1) is 0 Å². The predicted molar refractivity (Wildman–Crippen MR) is 85.7 cm³/mol. The minimum Gasteiger partial charge on any atom is -0.465 e. The lowest BCUT2D eigenvalue weighted by Crippen LogP contribution is -2.32. The lowest BCUT2D eigenvalue weighted by atomic mass is 9.88. The van der Waals surface area contributed by atoms with Crippen molar-refractivity contribution >= 4 is 29.1 Å². The highest BCUT2D eigenvalue weighted by Gasteiger charge is 2.28. The summed E-state index contributed by atoms with van der Waals surface area (Å²) in [5, 5.41) is 0. The van der Waals surface area contributed by atoms with Crippen molar-refractivity contribution in [3.8, 4) is 0 Å². The van der Waals surface area contributed by atoms with Crippen LogP contribution >= 0.6 is 0 Å². The molecule has 0 spiro atoms. The van der Waals surface area contributed by atoms with Crippen molar-refractivity contribution in [2.24, 2.45) is 5.41 Å². The third kappa shape index (κ3) is 4.64. The van der Waals surface area contributed by atoms with Crippen LogP contribution < -0.4 is 5.73 Å². The van der Waals surface area contributed by atoms with E-state index in [1.165, 1.54) is 13.8 Å². The summed E-state index contributed by atoms with van der Waals surface area (Å²) in [6.45, 7) is 5.43. The van der Waals surface area contributed by atoms with Crippen LogP contribution in [0.3, 0.4) is 0 Å². The van der Waals surface area contributed by atoms with E-state index in [1.54, 1.807) is 12.5 Å². The third-order valence-corrected chi connectivity index (χ3v) is 3.58. The number of hydrogen-bond acceptors (Lipinski definition) is 8. The van der Waals surface area contributed by atoms with E-state index in [1.807, 2.05) is 11.5 Å². The van der Waals surface area contributed by atoms with Gasteiger partial charge in [0.05, 0.1) is 25.7 Å². The van der Waals surface area contributed by atoms with Crippen LogP contribution in [0.1, 0.15) is 27.2 Å². The molecule has 2 aromatic heterocycles. The summed E-state index contributed by atoms with van der Waals surface area (Å²) in [6, 6.07) is 0. The van der Waals surface area contributed by atoms with Crippen molar-refractivity contribution in [2.45, 2.75) is 33.7 Å². The summed E-state index contributed by atoms with van der Waals surface area (Å²) in [7, 11) is 0. The summed E-state index contributed by atoms with van der Waals surface area (Å²) in [5.74, 6) is -0.581. The Morgan fingerprint density at radius 3 is 2.42 bits per heavy atom. The zero-order chi connectivity index (χ0) is 17.7. The van der Waals surface area contributed by atoms with E-state index < -0.39 is 5.41 Å². The van der Waals surface area contributed by atoms with Gasteiger partial charge >= 0.3 is 11.9 Å². The maximum absolute atomic E-state index is 11.1. The molecule has 9 nitrogen and oxygen atoms in total. The van der Waals surface area contributed by atoms with Crippen molar-refractivity contribution in [2.75, 3.05) is 18.9 Å². The van der Waals surface area contributed by atoms with E-state index >= 15 is 0 Å². The fourth-order valence-electron chi connectivity index (χ4n) is 2.16. The molecule has 0 fully saturated rings. The molecule has 2 rings (SSSR count). The quantitative estimate of drug-likeness (QED) is 0.741. The molecule has 0 atom stereocenters.